The van der Waals surface area contributed by atoms with Gasteiger partial charge in [0.2, 0.25) is 10.0 Å². The van der Waals surface area contributed by atoms with Gasteiger partial charge in [0.05, 0.1) is 0 Å². The molecule has 0 atom stereocenters. The van der Waals surface area contributed by atoms with Gasteiger partial charge in [0.25, 0.3) is 0 Å². The summed E-state index contributed by atoms with van der Waals surface area (Å²) in [4.78, 5) is 7.19. The Morgan fingerprint density at radius 1 is 0.833 bits per heavy atom. The molecule has 0 spiro atoms. The molecule has 7 heteroatoms. The van der Waals surface area contributed by atoms with Gasteiger partial charge in [-0.25, -0.2) is 13.4 Å². The van der Waals surface area contributed by atoms with E-state index in [1.165, 1.54) is 56.1 Å². The molecule has 0 saturated carbocycles. The quantitative estimate of drug-likeness (QED) is 0.726. The van der Waals surface area contributed by atoms with E-state index in [0.717, 1.165) is 19.4 Å². The molecule has 2 saturated heterocycles. The summed E-state index contributed by atoms with van der Waals surface area (Å²) in [5, 5.41) is 3.36. The zero-order valence-electron chi connectivity index (χ0n) is 17.6. The van der Waals surface area contributed by atoms with Crippen LogP contribution in [-0.4, -0.2) is 48.8 Å². The number of likely N-dealkylation sites (tertiary alicyclic amines) is 1. The molecular formula is C23H32N4O2S. The van der Waals surface area contributed by atoms with Crippen LogP contribution in [0.15, 0.2) is 47.5 Å². The largest absolute Gasteiger partial charge is 0.366 e. The highest BCUT2D eigenvalue weighted by atomic mass is 32.2. The Balaban J connectivity index is 1.39. The first-order valence-electron chi connectivity index (χ1n) is 11.1. The summed E-state index contributed by atoms with van der Waals surface area (Å²) in [6, 6.07) is 12.0. The third kappa shape index (κ3) is 5.20. The van der Waals surface area contributed by atoms with Crippen molar-refractivity contribution in [1.29, 1.82) is 0 Å². The fourth-order valence-corrected chi connectivity index (χ4v) is 5.78. The van der Waals surface area contributed by atoms with Crippen LogP contribution in [0.4, 0.5) is 5.82 Å². The molecule has 30 heavy (non-hydrogen) atoms. The Bertz CT molecular complexity index is 916. The van der Waals surface area contributed by atoms with E-state index in [0.29, 0.717) is 25.5 Å². The van der Waals surface area contributed by atoms with Crippen LogP contribution in [0.2, 0.25) is 0 Å². The topological polar surface area (TPSA) is 65.5 Å². The van der Waals surface area contributed by atoms with E-state index in [-0.39, 0.29) is 4.90 Å². The van der Waals surface area contributed by atoms with E-state index in [9.17, 15) is 8.42 Å². The van der Waals surface area contributed by atoms with Gasteiger partial charge in [-0.3, -0.25) is 4.90 Å². The standard InChI is InChI=1S/C23H32N4O2S/c28-30(29,27-15-7-8-16-27)22-11-12-23(25-18-22)24-17-20-9-3-4-10-21(20)19-26-13-5-1-2-6-14-26/h3-4,9-12,18H,1-2,5-8,13-17,19H2,(H,24,25). The highest BCUT2D eigenvalue weighted by Gasteiger charge is 2.27. The van der Waals surface area contributed by atoms with Gasteiger partial charge in [-0.15, -0.1) is 0 Å². The van der Waals surface area contributed by atoms with Crippen molar-refractivity contribution in [1.82, 2.24) is 14.2 Å². The fourth-order valence-electron chi connectivity index (χ4n) is 4.32. The Morgan fingerprint density at radius 3 is 2.17 bits per heavy atom. The summed E-state index contributed by atoms with van der Waals surface area (Å²) in [5.74, 6) is 0.694. The minimum atomic E-state index is -3.41. The Kier molecular flexibility index (Phi) is 7.02. The first-order valence-corrected chi connectivity index (χ1v) is 12.6. The van der Waals surface area contributed by atoms with Crippen LogP contribution in [0.5, 0.6) is 0 Å². The number of hydrogen-bond donors (Lipinski definition) is 1. The molecule has 1 aromatic heterocycles. The molecular weight excluding hydrogens is 396 g/mol. The van der Waals surface area contributed by atoms with E-state index in [4.69, 9.17) is 0 Å². The number of hydrogen-bond acceptors (Lipinski definition) is 5. The normalized spacial score (nSPS) is 18.9. The number of aromatic nitrogens is 1. The minimum Gasteiger partial charge on any atom is -0.366 e. The SMILES string of the molecule is O=S(=O)(c1ccc(NCc2ccccc2CN2CCCCCC2)nc1)N1CCCC1. The minimum absolute atomic E-state index is 0.275. The van der Waals surface area contributed by atoms with Gasteiger partial charge in [-0.05, 0) is 62.0 Å². The molecule has 0 unspecified atom stereocenters. The molecule has 4 rings (SSSR count). The van der Waals surface area contributed by atoms with Crippen molar-refractivity contribution in [2.24, 2.45) is 0 Å². The molecule has 2 aliphatic rings. The van der Waals surface area contributed by atoms with Gasteiger partial charge in [0.15, 0.2) is 0 Å². The van der Waals surface area contributed by atoms with E-state index in [2.05, 4.69) is 39.5 Å². The maximum absolute atomic E-state index is 12.6. The van der Waals surface area contributed by atoms with Crippen molar-refractivity contribution >= 4 is 15.8 Å². The van der Waals surface area contributed by atoms with E-state index in [1.54, 1.807) is 16.4 Å². The number of anilines is 1. The van der Waals surface area contributed by atoms with Crippen LogP contribution in [0.25, 0.3) is 0 Å². The second-order valence-corrected chi connectivity index (χ2v) is 10.2. The lowest BCUT2D eigenvalue weighted by molar-refractivity contribution is 0.276. The first kappa shape index (κ1) is 21.3. The van der Waals surface area contributed by atoms with Crippen molar-refractivity contribution in [2.45, 2.75) is 56.5 Å². The molecule has 2 fully saturated rings. The van der Waals surface area contributed by atoms with Crippen molar-refractivity contribution in [3.63, 3.8) is 0 Å². The Morgan fingerprint density at radius 2 is 1.50 bits per heavy atom. The lowest BCUT2D eigenvalue weighted by Gasteiger charge is -2.21. The lowest BCUT2D eigenvalue weighted by atomic mass is 10.1. The van der Waals surface area contributed by atoms with E-state index in [1.807, 2.05) is 0 Å². The zero-order chi connectivity index (χ0) is 20.8. The third-order valence-electron chi connectivity index (χ3n) is 6.11. The monoisotopic (exact) mass is 428 g/mol. The molecule has 6 nitrogen and oxygen atoms in total. The summed E-state index contributed by atoms with van der Waals surface area (Å²) in [5.41, 5.74) is 2.61. The van der Waals surface area contributed by atoms with Gasteiger partial charge in [-0.1, -0.05) is 37.1 Å². The third-order valence-corrected chi connectivity index (χ3v) is 7.99. The molecule has 0 aliphatic carbocycles. The smallest absolute Gasteiger partial charge is 0.244 e. The Hall–Kier alpha value is -1.96. The highest BCUT2D eigenvalue weighted by molar-refractivity contribution is 7.89. The van der Waals surface area contributed by atoms with E-state index < -0.39 is 10.0 Å². The molecule has 0 bridgehead atoms. The molecule has 2 aromatic rings. The number of pyridine rings is 1. The summed E-state index contributed by atoms with van der Waals surface area (Å²) < 4.78 is 26.8. The molecule has 2 aliphatic heterocycles. The van der Waals surface area contributed by atoms with Crippen molar-refractivity contribution in [2.75, 3.05) is 31.5 Å². The van der Waals surface area contributed by atoms with Crippen LogP contribution < -0.4 is 5.32 Å². The first-order chi connectivity index (χ1) is 14.6. The van der Waals surface area contributed by atoms with E-state index >= 15 is 0 Å². The van der Waals surface area contributed by atoms with Crippen LogP contribution in [0.3, 0.4) is 0 Å². The summed E-state index contributed by atoms with van der Waals surface area (Å²) in [6.45, 7) is 5.23. The van der Waals surface area contributed by atoms with Crippen molar-refractivity contribution in [3.8, 4) is 0 Å². The average molecular weight is 429 g/mol. The molecule has 162 valence electrons. The number of nitrogens with one attached hydrogen (secondary N) is 1. The number of sulfonamides is 1. The second-order valence-electron chi connectivity index (χ2n) is 8.30. The Labute approximate surface area is 180 Å². The molecule has 1 aromatic carbocycles. The molecule has 1 N–H and O–H groups in total. The number of rotatable bonds is 7. The average Bonchev–Trinajstić information content (AvgIpc) is 3.20. The summed E-state index contributed by atoms with van der Waals surface area (Å²) >= 11 is 0. The van der Waals surface area contributed by atoms with Gasteiger partial charge >= 0.3 is 0 Å². The maximum Gasteiger partial charge on any atom is 0.244 e. The van der Waals surface area contributed by atoms with Crippen molar-refractivity contribution in [3.05, 3.63) is 53.7 Å². The highest BCUT2D eigenvalue weighted by Crippen LogP contribution is 2.22. The van der Waals surface area contributed by atoms with Gasteiger partial charge in [0.1, 0.15) is 10.7 Å². The van der Waals surface area contributed by atoms with Crippen LogP contribution in [0.1, 0.15) is 49.7 Å². The van der Waals surface area contributed by atoms with Crippen molar-refractivity contribution < 1.29 is 8.42 Å². The zero-order valence-corrected chi connectivity index (χ0v) is 18.4. The predicted octanol–water partition coefficient (Wildman–Crippen LogP) is 3.85. The predicted molar refractivity (Wildman–Crippen MR) is 120 cm³/mol. The summed E-state index contributed by atoms with van der Waals surface area (Å²) in [7, 11) is -3.41. The van der Waals surface area contributed by atoms with Crippen LogP contribution in [-0.2, 0) is 23.1 Å². The molecule has 0 amide bonds. The molecule has 3 heterocycles. The van der Waals surface area contributed by atoms with Gasteiger partial charge in [-0.2, -0.15) is 4.31 Å². The number of benzene rings is 1. The summed E-state index contributed by atoms with van der Waals surface area (Å²) in [6.07, 6.45) is 8.60. The number of nitrogens with zero attached hydrogens (tertiary/aromatic N) is 3. The molecule has 0 radical (unpaired) electrons. The maximum atomic E-state index is 12.6. The lowest BCUT2D eigenvalue weighted by Crippen LogP contribution is -2.27. The van der Waals surface area contributed by atoms with Gasteiger partial charge < -0.3 is 5.32 Å². The fraction of sp³-hybridized carbons (Fsp3) is 0.522. The second kappa shape index (κ2) is 9.90. The van der Waals surface area contributed by atoms with Crippen LogP contribution in [0, 0.1) is 0 Å². The van der Waals surface area contributed by atoms with Crippen LogP contribution >= 0.6 is 0 Å². The van der Waals surface area contributed by atoms with Gasteiger partial charge in [0, 0.05) is 32.4 Å².